The summed E-state index contributed by atoms with van der Waals surface area (Å²) in [7, 11) is 1.54. The highest BCUT2D eigenvalue weighted by molar-refractivity contribution is 8.26. The molecule has 0 aromatic heterocycles. The number of carbonyl (C=O) groups is 3. The average Bonchev–Trinajstić information content (AvgIpc) is 3.00. The quantitative estimate of drug-likeness (QED) is 0.601. The van der Waals surface area contributed by atoms with Gasteiger partial charge in [-0.15, -0.1) is 0 Å². The number of anilines is 1. The molecule has 1 aromatic carbocycles. The van der Waals surface area contributed by atoms with E-state index in [-0.39, 0.29) is 22.9 Å². The van der Waals surface area contributed by atoms with Crippen LogP contribution in [-0.2, 0) is 19.1 Å². The zero-order valence-electron chi connectivity index (χ0n) is 13.4. The lowest BCUT2D eigenvalue weighted by Crippen LogP contribution is -2.36. The van der Waals surface area contributed by atoms with E-state index in [0.29, 0.717) is 28.7 Å². The summed E-state index contributed by atoms with van der Waals surface area (Å²) in [5.41, 5.74) is 6.67. The van der Waals surface area contributed by atoms with E-state index < -0.39 is 11.8 Å². The first-order chi connectivity index (χ1) is 12.0. The number of benzene rings is 1. The monoisotopic (exact) mass is 377 g/mol. The fourth-order valence-electron chi connectivity index (χ4n) is 2.74. The minimum Gasteiger partial charge on any atom is -0.383 e. The molecule has 1 aromatic rings. The lowest BCUT2D eigenvalue weighted by Gasteiger charge is -2.14. The zero-order valence-corrected chi connectivity index (χ0v) is 15.0. The molecule has 2 aliphatic rings. The SMILES string of the molecule is COCCN1C(=O)/C(=C2\C(=O)N(CC(N)=O)c3ccccc32)SC1=S. The molecule has 130 valence electrons. The Hall–Kier alpha value is -2.23. The van der Waals surface area contributed by atoms with Crippen LogP contribution in [0.2, 0.25) is 0 Å². The second kappa shape index (κ2) is 6.95. The molecule has 2 N–H and O–H groups in total. The first-order valence-electron chi connectivity index (χ1n) is 7.42. The highest BCUT2D eigenvalue weighted by Crippen LogP contribution is 2.44. The Morgan fingerprint density at radius 1 is 1.24 bits per heavy atom. The van der Waals surface area contributed by atoms with Crippen molar-refractivity contribution in [1.29, 1.82) is 0 Å². The van der Waals surface area contributed by atoms with Crippen molar-refractivity contribution >= 4 is 57.3 Å². The molecule has 0 radical (unpaired) electrons. The van der Waals surface area contributed by atoms with Gasteiger partial charge in [0, 0.05) is 12.7 Å². The number of fused-ring (bicyclic) bond motifs is 1. The topological polar surface area (TPSA) is 92.9 Å². The summed E-state index contributed by atoms with van der Waals surface area (Å²) in [5.74, 6) is -1.38. The van der Waals surface area contributed by atoms with Crippen LogP contribution < -0.4 is 10.6 Å². The molecule has 2 heterocycles. The molecule has 2 aliphatic heterocycles. The van der Waals surface area contributed by atoms with Crippen LogP contribution in [0, 0.1) is 0 Å². The van der Waals surface area contributed by atoms with Crippen LogP contribution in [0.5, 0.6) is 0 Å². The molecule has 0 spiro atoms. The number of ether oxygens (including phenoxy) is 1. The molecule has 3 rings (SSSR count). The molecule has 1 fully saturated rings. The summed E-state index contributed by atoms with van der Waals surface area (Å²) in [6.07, 6.45) is 0. The highest BCUT2D eigenvalue weighted by Gasteiger charge is 2.42. The number of carbonyl (C=O) groups excluding carboxylic acids is 3. The molecule has 7 nitrogen and oxygen atoms in total. The Bertz CT molecular complexity index is 821. The number of nitrogens with zero attached hydrogens (tertiary/aromatic N) is 2. The maximum Gasteiger partial charge on any atom is 0.267 e. The number of primary amides is 1. The van der Waals surface area contributed by atoms with Gasteiger partial charge in [0.2, 0.25) is 5.91 Å². The number of hydrogen-bond donors (Lipinski definition) is 1. The summed E-state index contributed by atoms with van der Waals surface area (Å²) < 4.78 is 5.37. The van der Waals surface area contributed by atoms with E-state index >= 15 is 0 Å². The largest absolute Gasteiger partial charge is 0.383 e. The van der Waals surface area contributed by atoms with E-state index in [1.54, 1.807) is 24.3 Å². The van der Waals surface area contributed by atoms with Gasteiger partial charge in [-0.1, -0.05) is 42.2 Å². The van der Waals surface area contributed by atoms with Crippen molar-refractivity contribution in [2.45, 2.75) is 0 Å². The number of amides is 3. The van der Waals surface area contributed by atoms with Gasteiger partial charge >= 0.3 is 0 Å². The zero-order chi connectivity index (χ0) is 18.1. The van der Waals surface area contributed by atoms with Crippen LogP contribution in [0.3, 0.4) is 0 Å². The van der Waals surface area contributed by atoms with E-state index in [0.717, 1.165) is 11.8 Å². The maximum atomic E-state index is 12.9. The Kier molecular flexibility index (Phi) is 4.89. The summed E-state index contributed by atoms with van der Waals surface area (Å²) >= 11 is 6.35. The smallest absolute Gasteiger partial charge is 0.267 e. The Morgan fingerprint density at radius 2 is 1.96 bits per heavy atom. The molecule has 1 saturated heterocycles. The second-order valence-electron chi connectivity index (χ2n) is 5.40. The van der Waals surface area contributed by atoms with Crippen molar-refractivity contribution < 1.29 is 19.1 Å². The molecule has 0 saturated carbocycles. The lowest BCUT2D eigenvalue weighted by atomic mass is 10.1. The van der Waals surface area contributed by atoms with Crippen molar-refractivity contribution in [3.05, 3.63) is 34.7 Å². The predicted molar refractivity (Wildman–Crippen MR) is 98.7 cm³/mol. The van der Waals surface area contributed by atoms with Gasteiger partial charge in [-0.2, -0.15) is 0 Å². The summed E-state index contributed by atoms with van der Waals surface area (Å²) in [6.45, 7) is 0.412. The van der Waals surface area contributed by atoms with Gasteiger partial charge < -0.3 is 10.5 Å². The Labute approximate surface area is 153 Å². The van der Waals surface area contributed by atoms with E-state index in [4.69, 9.17) is 22.7 Å². The normalized spacial score (nSPS) is 19.8. The van der Waals surface area contributed by atoms with E-state index in [1.807, 2.05) is 0 Å². The van der Waals surface area contributed by atoms with Crippen LogP contribution in [-0.4, -0.2) is 53.7 Å². The third-order valence-corrected chi connectivity index (χ3v) is 5.28. The second-order valence-corrected chi connectivity index (χ2v) is 7.04. The molecule has 0 unspecified atom stereocenters. The number of methoxy groups -OCH3 is 1. The van der Waals surface area contributed by atoms with Gasteiger partial charge in [-0.3, -0.25) is 24.2 Å². The number of hydrogen-bond acceptors (Lipinski definition) is 6. The van der Waals surface area contributed by atoms with Crippen molar-refractivity contribution in [3.63, 3.8) is 0 Å². The highest BCUT2D eigenvalue weighted by atomic mass is 32.2. The Morgan fingerprint density at radius 3 is 2.64 bits per heavy atom. The standard InChI is InChI=1S/C16H15N3O4S2/c1-23-7-6-18-15(22)13(25-16(18)24)12-9-4-2-3-5-10(9)19(14(12)21)8-11(17)20/h2-5H,6-8H2,1H3,(H2,17,20)/b13-12+. The molecule has 3 amide bonds. The molecular formula is C16H15N3O4S2. The number of para-hydroxylation sites is 1. The Balaban J connectivity index is 2.06. The van der Waals surface area contributed by atoms with Crippen LogP contribution in [0.25, 0.3) is 5.57 Å². The van der Waals surface area contributed by atoms with Crippen LogP contribution in [0.15, 0.2) is 29.2 Å². The van der Waals surface area contributed by atoms with Crippen LogP contribution in [0.4, 0.5) is 5.69 Å². The molecular weight excluding hydrogens is 362 g/mol. The number of thioether (sulfide) groups is 1. The van der Waals surface area contributed by atoms with Gasteiger partial charge in [0.1, 0.15) is 10.9 Å². The van der Waals surface area contributed by atoms with Crippen molar-refractivity contribution in [3.8, 4) is 0 Å². The van der Waals surface area contributed by atoms with E-state index in [9.17, 15) is 14.4 Å². The van der Waals surface area contributed by atoms with E-state index in [2.05, 4.69) is 0 Å². The van der Waals surface area contributed by atoms with Crippen LogP contribution >= 0.6 is 24.0 Å². The fourth-order valence-corrected chi connectivity index (χ4v) is 4.12. The van der Waals surface area contributed by atoms with Gasteiger partial charge in [0.05, 0.1) is 29.3 Å². The third kappa shape index (κ3) is 3.06. The molecule has 0 aliphatic carbocycles. The van der Waals surface area contributed by atoms with Gasteiger partial charge in [-0.05, 0) is 6.07 Å². The lowest BCUT2D eigenvalue weighted by molar-refractivity contribution is -0.122. The minimum atomic E-state index is -0.628. The van der Waals surface area contributed by atoms with Crippen molar-refractivity contribution in [2.24, 2.45) is 5.73 Å². The maximum absolute atomic E-state index is 12.9. The molecule has 0 bridgehead atoms. The van der Waals surface area contributed by atoms with Crippen molar-refractivity contribution in [2.75, 3.05) is 31.7 Å². The molecule has 0 atom stereocenters. The summed E-state index contributed by atoms with van der Waals surface area (Å²) in [4.78, 5) is 39.9. The summed E-state index contributed by atoms with van der Waals surface area (Å²) in [6, 6.07) is 6.98. The van der Waals surface area contributed by atoms with Gasteiger partial charge in [0.15, 0.2) is 0 Å². The van der Waals surface area contributed by atoms with Gasteiger partial charge in [0.25, 0.3) is 11.8 Å². The average molecular weight is 377 g/mol. The molecule has 9 heteroatoms. The fraction of sp³-hybridized carbons (Fsp3) is 0.250. The summed E-state index contributed by atoms with van der Waals surface area (Å²) in [5, 5.41) is 0. The van der Waals surface area contributed by atoms with Crippen molar-refractivity contribution in [1.82, 2.24) is 4.90 Å². The predicted octanol–water partition coefficient (Wildman–Crippen LogP) is 0.736. The van der Waals surface area contributed by atoms with Crippen LogP contribution in [0.1, 0.15) is 5.56 Å². The van der Waals surface area contributed by atoms with Gasteiger partial charge in [-0.25, -0.2) is 0 Å². The number of rotatable bonds is 5. The minimum absolute atomic E-state index is 0.247. The first kappa shape index (κ1) is 17.6. The third-order valence-electron chi connectivity index (χ3n) is 3.83. The van der Waals surface area contributed by atoms with E-state index in [1.165, 1.54) is 16.9 Å². The molecule has 25 heavy (non-hydrogen) atoms. The first-order valence-corrected chi connectivity index (χ1v) is 8.64. The number of thiocarbonyl (C=S) groups is 1. The number of nitrogens with two attached hydrogens (primary N) is 1.